The molecule has 1 saturated carbocycles. The summed E-state index contributed by atoms with van der Waals surface area (Å²) >= 11 is 0. The summed E-state index contributed by atoms with van der Waals surface area (Å²) in [5.74, 6) is -7.71. The van der Waals surface area contributed by atoms with Crippen LogP contribution in [-0.4, -0.2) is 314 Å². The zero-order chi connectivity index (χ0) is 91.4. The lowest BCUT2D eigenvalue weighted by atomic mass is 9.80. The minimum absolute atomic E-state index is 0.0200. The van der Waals surface area contributed by atoms with E-state index in [4.69, 9.17) is 78.8 Å². The van der Waals surface area contributed by atoms with Gasteiger partial charge in [0, 0.05) is 133 Å². The highest BCUT2D eigenvalue weighted by atomic mass is 16.6. The number of Topliss-reactive ketones (excluding diaryl/α,β-unsaturated/α-hetero) is 2. The van der Waals surface area contributed by atoms with Gasteiger partial charge in [-0.3, -0.25) is 29.0 Å². The number of methoxy groups -OCH3 is 2. The van der Waals surface area contributed by atoms with Gasteiger partial charge >= 0.3 is 12.1 Å². The Hall–Kier alpha value is -8.53. The highest BCUT2D eigenvalue weighted by Crippen LogP contribution is 2.40. The third-order valence-electron chi connectivity index (χ3n) is 25.8. The summed E-state index contributed by atoms with van der Waals surface area (Å²) in [6.45, 7) is 22.7. The molecule has 0 spiro atoms. The number of ether oxygens (including phenoxy) is 11. The van der Waals surface area contributed by atoms with Crippen LogP contribution in [0.4, 0.5) is 16.5 Å². The van der Waals surface area contributed by atoms with E-state index in [9.17, 15) is 49.2 Å². The number of hydrogen-bond acceptors (Lipinski definition) is 30. The summed E-state index contributed by atoms with van der Waals surface area (Å²) in [6.07, 6.45) is 8.93. The van der Waals surface area contributed by atoms with Crippen LogP contribution in [-0.2, 0) is 95.6 Å². The number of rotatable bonds is 33. The number of carbonyl (C=O) groups is 6. The van der Waals surface area contributed by atoms with Crippen molar-refractivity contribution in [2.45, 2.75) is 211 Å². The summed E-state index contributed by atoms with van der Waals surface area (Å²) in [5.41, 5.74) is 26.7. The van der Waals surface area contributed by atoms with E-state index in [1.807, 2.05) is 72.0 Å². The lowest BCUT2D eigenvalue weighted by Gasteiger charge is -2.42. The number of hydrogen-bond donors (Lipinski definition) is 8. The molecule has 3 saturated heterocycles. The van der Waals surface area contributed by atoms with Crippen molar-refractivity contribution >= 4 is 69.1 Å². The molecular formula is C94H138N12O22. The topological polar surface area (TPSA) is 445 Å². The summed E-state index contributed by atoms with van der Waals surface area (Å²) in [4.78, 5) is 100. The van der Waals surface area contributed by atoms with Crippen LogP contribution < -0.4 is 22.5 Å². The third-order valence-corrected chi connectivity index (χ3v) is 25.8. The van der Waals surface area contributed by atoms with E-state index in [1.54, 1.807) is 46.9 Å². The van der Waals surface area contributed by atoms with Crippen LogP contribution in [0.3, 0.4) is 0 Å². The van der Waals surface area contributed by atoms with Gasteiger partial charge in [-0.15, -0.1) is 0 Å². The number of furan rings is 1. The van der Waals surface area contributed by atoms with E-state index in [0.717, 1.165) is 78.2 Å². The normalized spacial score (nSPS) is 28.5. The first-order chi connectivity index (χ1) is 61.7. The number of piperazine rings is 1. The van der Waals surface area contributed by atoms with Gasteiger partial charge in [-0.1, -0.05) is 82.4 Å². The summed E-state index contributed by atoms with van der Waals surface area (Å²) in [6, 6.07) is 11.7. The van der Waals surface area contributed by atoms with Crippen molar-refractivity contribution < 1.29 is 106 Å². The molecular weight excluding hydrogens is 1650 g/mol. The lowest BCUT2D eigenvalue weighted by molar-refractivity contribution is -0.265. The number of nitrogens with two attached hydrogens (primary N) is 3. The zero-order valence-corrected chi connectivity index (χ0v) is 75.9. The van der Waals surface area contributed by atoms with Gasteiger partial charge in [0.2, 0.25) is 11.7 Å². The predicted octanol–water partition coefficient (Wildman–Crippen LogP) is 7.20. The number of amides is 3. The Labute approximate surface area is 750 Å². The minimum Gasteiger partial charge on any atom is -0.459 e. The number of nitrogen functional groups attached to an aromatic ring is 2. The number of nitrogens with zero attached hydrogens (tertiary/aromatic N) is 8. The Bertz CT molecular complexity index is 4550. The fraction of sp³-hybridized carbons (Fsp3) is 0.649. The number of esters is 1. The van der Waals surface area contributed by atoms with Crippen molar-refractivity contribution in [2.24, 2.45) is 35.3 Å². The van der Waals surface area contributed by atoms with Crippen molar-refractivity contribution in [1.82, 2.24) is 44.7 Å². The van der Waals surface area contributed by atoms with Crippen LogP contribution in [0.15, 0.2) is 101 Å². The number of aliphatic hydroxyl groups is 4. The lowest BCUT2D eigenvalue weighted by Crippen LogP contribution is -2.61. The molecule has 706 valence electrons. The van der Waals surface area contributed by atoms with Gasteiger partial charge in [0.05, 0.1) is 122 Å². The quantitative estimate of drug-likeness (QED) is 0.00890. The van der Waals surface area contributed by atoms with Gasteiger partial charge in [0.1, 0.15) is 53.9 Å². The Morgan fingerprint density at radius 3 is 2.09 bits per heavy atom. The first-order valence-electron chi connectivity index (χ1n) is 45.7. The van der Waals surface area contributed by atoms with Gasteiger partial charge in [-0.25, -0.2) is 24.2 Å². The second-order valence-corrected chi connectivity index (χ2v) is 35.2. The summed E-state index contributed by atoms with van der Waals surface area (Å²) in [5, 5.41) is 55.9. The van der Waals surface area contributed by atoms with Crippen molar-refractivity contribution in [3.8, 4) is 11.3 Å². The molecule has 8 heterocycles. The monoisotopic (exact) mass is 1790 g/mol. The van der Waals surface area contributed by atoms with Crippen LogP contribution >= 0.6 is 0 Å². The van der Waals surface area contributed by atoms with E-state index in [-0.39, 0.29) is 75.1 Å². The molecule has 34 heteroatoms. The molecule has 11 rings (SSSR count). The van der Waals surface area contributed by atoms with Gasteiger partial charge < -0.3 is 109 Å². The van der Waals surface area contributed by atoms with E-state index >= 15 is 0 Å². The Kier molecular flexibility index (Phi) is 38.8. The number of aromatic nitrogens is 4. The first-order valence-corrected chi connectivity index (χ1v) is 45.7. The Morgan fingerprint density at radius 1 is 0.695 bits per heavy atom. The first kappa shape index (κ1) is 100. The molecule has 3 aromatic heterocycles. The number of benzene rings is 2. The molecule has 2 aromatic carbocycles. The Morgan fingerprint density at radius 2 is 1.39 bits per heavy atom. The number of allylic oxidation sites excluding steroid dienone is 5. The number of ketones is 2. The molecule has 5 aromatic rings. The number of aliphatic hydroxyl groups excluding tert-OH is 3. The summed E-state index contributed by atoms with van der Waals surface area (Å²) in [7, 11) is 3.09. The standard InChI is InChI=1S/C94H138N12O22/c1-60-14-10-9-11-15-61(2)78(117-7)55-72-22-17-65(6)94(116,128-72)88(112)91(113)105-28-13-12-16-74(105)92(114)126-79(56-75(107)62(3)49-64(5)86(110)87(111)85(109)63(4)48-60)73(95)51-66-19-23-77(80(52-66)118-8)127-93(115)98-27-37-120-41-42-121-38-34-102-30-32-103(33-31-102)35-39-122-43-45-124-47-46-123-44-40-119-36-26-82(108)104-29-25-68-50-67(18-20-70(68)58-104)57-106-90-83(89(97)99-59-100-90)84(101-106)69-21-24-76-71(53-69)54-81(96)125-76/h9-11,14-15,18,20-21,24,49-50,53-54,59-60,62-63,65-66,72-75,77-80,86-87,107,110-111,116H,12-13,16-17,19,22-23,25-48,51-52,55-58,95-96H2,1-8H3,(H,98,115)(H2,97,99,100)/b11-9+,14-10+,61-15+,64-49+/t60-,62-,63-,65-,66+,72+,73-,74+,75-,77-,78+,79+,80-,86-,87+,94-/m1/s1. The molecule has 1 aliphatic carbocycles. The molecule has 16 atom stereocenters. The number of fused-ring (bicyclic) bond motifs is 6. The number of piperidine rings is 1. The smallest absolute Gasteiger partial charge is 0.407 e. The fourth-order valence-electron chi connectivity index (χ4n) is 18.0. The van der Waals surface area contributed by atoms with Crippen LogP contribution in [0.1, 0.15) is 142 Å². The van der Waals surface area contributed by atoms with Crippen LogP contribution in [0.25, 0.3) is 33.3 Å². The second kappa shape index (κ2) is 49.6. The second-order valence-electron chi connectivity index (χ2n) is 35.2. The van der Waals surface area contributed by atoms with Crippen LogP contribution in [0, 0.1) is 29.6 Å². The molecule has 0 radical (unpaired) electrons. The molecule has 2 bridgehead atoms. The molecule has 3 amide bonds. The maximum atomic E-state index is 14.7. The molecule has 5 aliphatic heterocycles. The highest BCUT2D eigenvalue weighted by molar-refractivity contribution is 6.39. The predicted molar refractivity (Wildman–Crippen MR) is 479 cm³/mol. The van der Waals surface area contributed by atoms with E-state index in [0.29, 0.717) is 178 Å². The number of alkyl carbamates (subject to hydrolysis) is 1. The van der Waals surface area contributed by atoms with Crippen molar-refractivity contribution in [1.29, 1.82) is 0 Å². The molecule has 34 nitrogen and oxygen atoms in total. The van der Waals surface area contributed by atoms with Crippen molar-refractivity contribution in [3.63, 3.8) is 0 Å². The number of cyclic esters (lactones) is 1. The SMILES string of the molecule is CO[C@H]1C[C@@H]2CC[C@@H](C)[C@@](O)(O2)C(=O)C(=O)N2CCCC[C@H]2C(=O)O[C@H]([C@H](N)C[C@@H]2CC[C@@H](OC(=O)NCCOCCOCCN3CCN(CCOCCOCCOCCOCCC(=O)N4CCc5cc(Cn6nc(-c7ccc8oc(N)cc8c7)c7c(N)ncnc76)ccc5C4)CC3)[C@H](OC)C2)C[C@@H](O)[C@H](C)/C=C(\C)[C@@H](O)[C@@H](O)C(=O)[C@H](C)C[C@H](C)/C=C/C=C/C=C/1C. The van der Waals surface area contributed by atoms with Gasteiger partial charge in [-0.2, -0.15) is 5.10 Å². The van der Waals surface area contributed by atoms with E-state index < -0.39 is 114 Å². The van der Waals surface area contributed by atoms with Crippen LogP contribution in [0.2, 0.25) is 0 Å². The number of carbonyl (C=O) groups excluding carboxylic acids is 6. The zero-order valence-electron chi connectivity index (χ0n) is 75.9. The highest BCUT2D eigenvalue weighted by Gasteiger charge is 2.53. The largest absolute Gasteiger partial charge is 0.459 e. The average Bonchev–Trinajstić information content (AvgIpc) is 1.62. The molecule has 128 heavy (non-hydrogen) atoms. The maximum Gasteiger partial charge on any atom is 0.407 e. The van der Waals surface area contributed by atoms with E-state index in [1.165, 1.54) is 19.0 Å². The fourth-order valence-corrected chi connectivity index (χ4v) is 18.0. The van der Waals surface area contributed by atoms with Gasteiger partial charge in [0.25, 0.3) is 11.7 Å². The van der Waals surface area contributed by atoms with Crippen molar-refractivity contribution in [2.75, 3.05) is 164 Å². The third kappa shape index (κ3) is 28.3. The molecule has 4 fully saturated rings. The maximum absolute atomic E-state index is 14.7. The number of nitrogens with one attached hydrogen (secondary N) is 1. The minimum atomic E-state index is -2.50. The Balaban J connectivity index is 0.521. The summed E-state index contributed by atoms with van der Waals surface area (Å²) < 4.78 is 72.3. The van der Waals surface area contributed by atoms with E-state index in [2.05, 4.69) is 43.3 Å². The van der Waals surface area contributed by atoms with Crippen LogP contribution in [0.5, 0.6) is 0 Å². The van der Waals surface area contributed by atoms with Gasteiger partial charge in [-0.05, 0) is 142 Å². The number of anilines is 2. The molecule has 6 aliphatic rings. The van der Waals surface area contributed by atoms with Gasteiger partial charge in [0.15, 0.2) is 17.3 Å². The van der Waals surface area contributed by atoms with Crippen molar-refractivity contribution in [3.05, 3.63) is 113 Å². The molecule has 0 unspecified atom stereocenters. The molecule has 11 N–H and O–H groups in total. The average molecular weight is 1790 g/mol.